The van der Waals surface area contributed by atoms with Crippen LogP contribution < -0.4 is 10.5 Å². The van der Waals surface area contributed by atoms with Crippen LogP contribution in [0.15, 0.2) is 40.8 Å². The van der Waals surface area contributed by atoms with Gasteiger partial charge in [-0.3, -0.25) is 0 Å². The fourth-order valence-corrected chi connectivity index (χ4v) is 2.17. The van der Waals surface area contributed by atoms with E-state index in [-0.39, 0.29) is 6.61 Å². The Balaban J connectivity index is 1.85. The summed E-state index contributed by atoms with van der Waals surface area (Å²) in [6.45, 7) is 4.27. The van der Waals surface area contributed by atoms with Gasteiger partial charge in [0.05, 0.1) is 5.69 Å². The van der Waals surface area contributed by atoms with Gasteiger partial charge in [-0.05, 0) is 43.2 Å². The van der Waals surface area contributed by atoms with Crippen LogP contribution in [0.4, 0.5) is 5.69 Å². The predicted molar refractivity (Wildman–Crippen MR) is 78.7 cm³/mol. The lowest BCUT2D eigenvalue weighted by Gasteiger charge is -2.05. The van der Waals surface area contributed by atoms with Gasteiger partial charge in [0.15, 0.2) is 12.2 Å². The van der Waals surface area contributed by atoms with Crippen molar-refractivity contribution in [2.45, 2.75) is 20.5 Å². The molecule has 0 saturated heterocycles. The molecule has 0 aliphatic heterocycles. The van der Waals surface area contributed by atoms with Crippen LogP contribution in [-0.4, -0.2) is 4.98 Å². The van der Waals surface area contributed by atoms with Gasteiger partial charge in [0, 0.05) is 0 Å². The molecule has 4 heteroatoms. The van der Waals surface area contributed by atoms with Crippen molar-refractivity contribution >= 4 is 16.8 Å². The summed E-state index contributed by atoms with van der Waals surface area (Å²) in [7, 11) is 0. The summed E-state index contributed by atoms with van der Waals surface area (Å²) in [5.41, 5.74) is 10.1. The molecular weight excluding hydrogens is 252 g/mol. The van der Waals surface area contributed by atoms with Gasteiger partial charge in [0.2, 0.25) is 5.89 Å². The summed E-state index contributed by atoms with van der Waals surface area (Å²) >= 11 is 0. The van der Waals surface area contributed by atoms with E-state index in [1.807, 2.05) is 50.2 Å². The number of anilines is 1. The highest BCUT2D eigenvalue weighted by Gasteiger charge is 2.10. The van der Waals surface area contributed by atoms with E-state index in [9.17, 15) is 0 Å². The van der Waals surface area contributed by atoms with E-state index in [4.69, 9.17) is 14.9 Å². The number of hydrogen-bond acceptors (Lipinski definition) is 4. The van der Waals surface area contributed by atoms with Crippen LogP contribution in [-0.2, 0) is 6.61 Å². The number of oxazole rings is 1. The molecule has 0 aliphatic carbocycles. The molecule has 2 aromatic carbocycles. The summed E-state index contributed by atoms with van der Waals surface area (Å²) < 4.78 is 11.4. The highest BCUT2D eigenvalue weighted by Crippen LogP contribution is 2.25. The second kappa shape index (κ2) is 4.89. The molecule has 0 radical (unpaired) electrons. The first-order valence-electron chi connectivity index (χ1n) is 6.47. The fraction of sp³-hybridized carbons (Fsp3) is 0.188. The van der Waals surface area contributed by atoms with Gasteiger partial charge in [-0.2, -0.15) is 0 Å². The lowest BCUT2D eigenvalue weighted by Crippen LogP contribution is -1.96. The molecule has 3 aromatic rings. The van der Waals surface area contributed by atoms with Crippen LogP contribution in [0, 0.1) is 13.8 Å². The van der Waals surface area contributed by atoms with Crippen LogP contribution in [0.3, 0.4) is 0 Å². The highest BCUT2D eigenvalue weighted by molar-refractivity contribution is 5.85. The molecule has 0 fully saturated rings. The standard InChI is InChI=1S/C16H16N2O2/c1-10-7-12(17)16-13(8-10)18-15(20-16)9-19-14-6-4-3-5-11(14)2/h3-8H,9,17H2,1-2H3. The summed E-state index contributed by atoms with van der Waals surface area (Å²) in [4.78, 5) is 4.41. The number of rotatable bonds is 3. The van der Waals surface area contributed by atoms with Gasteiger partial charge in [-0.1, -0.05) is 18.2 Å². The molecule has 0 atom stereocenters. The summed E-state index contributed by atoms with van der Waals surface area (Å²) in [6.07, 6.45) is 0. The summed E-state index contributed by atoms with van der Waals surface area (Å²) in [5.74, 6) is 1.36. The van der Waals surface area contributed by atoms with E-state index in [1.165, 1.54) is 0 Å². The summed E-state index contributed by atoms with van der Waals surface area (Å²) in [5, 5.41) is 0. The van der Waals surface area contributed by atoms with E-state index < -0.39 is 0 Å². The molecule has 3 rings (SSSR count). The smallest absolute Gasteiger partial charge is 0.233 e. The van der Waals surface area contributed by atoms with Gasteiger partial charge in [-0.15, -0.1) is 0 Å². The Kier molecular flexibility index (Phi) is 3.06. The van der Waals surface area contributed by atoms with Crippen LogP contribution >= 0.6 is 0 Å². The highest BCUT2D eigenvalue weighted by atomic mass is 16.5. The zero-order valence-corrected chi connectivity index (χ0v) is 11.5. The van der Waals surface area contributed by atoms with Crippen molar-refractivity contribution in [2.24, 2.45) is 0 Å². The molecule has 1 aromatic heterocycles. The topological polar surface area (TPSA) is 61.3 Å². The number of ether oxygens (including phenoxy) is 1. The number of nitrogens with zero attached hydrogens (tertiary/aromatic N) is 1. The molecule has 0 bridgehead atoms. The molecule has 4 nitrogen and oxygen atoms in total. The van der Waals surface area contributed by atoms with Crippen molar-refractivity contribution in [3.8, 4) is 5.75 Å². The minimum absolute atomic E-state index is 0.290. The Hall–Kier alpha value is -2.49. The molecule has 0 saturated carbocycles. The number of benzene rings is 2. The zero-order chi connectivity index (χ0) is 14.1. The molecule has 1 heterocycles. The third-order valence-electron chi connectivity index (χ3n) is 3.15. The Labute approximate surface area is 117 Å². The molecule has 102 valence electrons. The molecule has 0 unspecified atom stereocenters. The monoisotopic (exact) mass is 268 g/mol. The Morgan fingerprint density at radius 3 is 2.80 bits per heavy atom. The lowest BCUT2D eigenvalue weighted by atomic mass is 10.2. The second-order valence-electron chi connectivity index (χ2n) is 4.86. The predicted octanol–water partition coefficient (Wildman–Crippen LogP) is 3.61. The van der Waals surface area contributed by atoms with Crippen molar-refractivity contribution in [3.63, 3.8) is 0 Å². The molecule has 2 N–H and O–H groups in total. The maximum absolute atomic E-state index is 5.93. The zero-order valence-electron chi connectivity index (χ0n) is 11.5. The van der Waals surface area contributed by atoms with E-state index >= 15 is 0 Å². The molecular formula is C16H16N2O2. The van der Waals surface area contributed by atoms with Gasteiger partial charge in [0.25, 0.3) is 0 Å². The molecule has 20 heavy (non-hydrogen) atoms. The van der Waals surface area contributed by atoms with E-state index in [2.05, 4.69) is 4.98 Å². The Morgan fingerprint density at radius 2 is 2.00 bits per heavy atom. The number of nitrogen functional groups attached to an aromatic ring is 1. The van der Waals surface area contributed by atoms with Gasteiger partial charge < -0.3 is 14.9 Å². The number of nitrogens with two attached hydrogens (primary N) is 1. The number of aryl methyl sites for hydroxylation is 2. The Bertz CT molecular complexity index is 762. The second-order valence-corrected chi connectivity index (χ2v) is 4.86. The normalized spacial score (nSPS) is 10.9. The molecule has 0 amide bonds. The number of hydrogen-bond donors (Lipinski definition) is 1. The maximum Gasteiger partial charge on any atom is 0.233 e. The third kappa shape index (κ3) is 2.32. The van der Waals surface area contributed by atoms with E-state index in [0.29, 0.717) is 17.2 Å². The van der Waals surface area contributed by atoms with Crippen LogP contribution in [0.2, 0.25) is 0 Å². The van der Waals surface area contributed by atoms with Crippen molar-refractivity contribution in [3.05, 3.63) is 53.4 Å². The summed E-state index contributed by atoms with van der Waals surface area (Å²) in [6, 6.07) is 11.7. The number of fused-ring (bicyclic) bond motifs is 1. The first-order chi connectivity index (χ1) is 9.63. The van der Waals surface area contributed by atoms with Crippen LogP contribution in [0.5, 0.6) is 5.75 Å². The third-order valence-corrected chi connectivity index (χ3v) is 3.15. The van der Waals surface area contributed by atoms with Crippen molar-refractivity contribution in [1.29, 1.82) is 0 Å². The average Bonchev–Trinajstić information content (AvgIpc) is 2.81. The Morgan fingerprint density at radius 1 is 1.20 bits per heavy atom. The van der Waals surface area contributed by atoms with Gasteiger partial charge >= 0.3 is 0 Å². The fourth-order valence-electron chi connectivity index (χ4n) is 2.17. The van der Waals surface area contributed by atoms with Gasteiger partial charge in [-0.25, -0.2) is 4.98 Å². The van der Waals surface area contributed by atoms with E-state index in [0.717, 1.165) is 22.4 Å². The van der Waals surface area contributed by atoms with Crippen LogP contribution in [0.25, 0.3) is 11.1 Å². The van der Waals surface area contributed by atoms with Crippen molar-refractivity contribution in [2.75, 3.05) is 5.73 Å². The van der Waals surface area contributed by atoms with Gasteiger partial charge in [0.1, 0.15) is 11.3 Å². The van der Waals surface area contributed by atoms with Crippen LogP contribution in [0.1, 0.15) is 17.0 Å². The average molecular weight is 268 g/mol. The maximum atomic E-state index is 5.93. The van der Waals surface area contributed by atoms with Crippen molar-refractivity contribution < 1.29 is 9.15 Å². The SMILES string of the molecule is Cc1cc(N)c2oc(COc3ccccc3C)nc2c1. The lowest BCUT2D eigenvalue weighted by molar-refractivity contribution is 0.265. The first-order valence-corrected chi connectivity index (χ1v) is 6.47. The largest absolute Gasteiger partial charge is 0.484 e. The van der Waals surface area contributed by atoms with Crippen molar-refractivity contribution in [1.82, 2.24) is 4.98 Å². The first kappa shape index (κ1) is 12.5. The van der Waals surface area contributed by atoms with E-state index in [1.54, 1.807) is 0 Å². The minimum Gasteiger partial charge on any atom is -0.484 e. The number of aromatic nitrogens is 1. The molecule has 0 spiro atoms. The molecule has 0 aliphatic rings. The number of para-hydroxylation sites is 1. The minimum atomic E-state index is 0.290. The quantitative estimate of drug-likeness (QED) is 0.737.